The van der Waals surface area contributed by atoms with Crippen LogP contribution in [0.4, 0.5) is 15.9 Å². The molecule has 1 N–H and O–H groups in total. The summed E-state index contributed by atoms with van der Waals surface area (Å²) in [7, 11) is 1.90. The summed E-state index contributed by atoms with van der Waals surface area (Å²) in [5, 5.41) is 7.32. The largest absolute Gasteiger partial charge is 0.346 e. The molecule has 1 aliphatic heterocycles. The number of hydrogen-bond donors (Lipinski definition) is 1. The number of aryl methyl sites for hydroxylation is 4. The predicted molar refractivity (Wildman–Crippen MR) is 116 cm³/mol. The van der Waals surface area contributed by atoms with Gasteiger partial charge in [-0.15, -0.1) is 0 Å². The number of likely N-dealkylation sites (N-methyl/N-ethyl adjacent to an activating group) is 1. The Labute approximate surface area is 180 Å². The van der Waals surface area contributed by atoms with E-state index in [9.17, 15) is 9.18 Å². The Bertz CT molecular complexity index is 1130. The molecule has 8 nitrogen and oxygen atoms in total. The van der Waals surface area contributed by atoms with Gasteiger partial charge in [0, 0.05) is 25.9 Å². The van der Waals surface area contributed by atoms with Crippen LogP contribution in [0.2, 0.25) is 0 Å². The Morgan fingerprint density at radius 3 is 2.68 bits per heavy atom. The van der Waals surface area contributed by atoms with Crippen LogP contribution in [0.5, 0.6) is 0 Å². The molecule has 3 aromatic rings. The molecule has 9 heteroatoms. The van der Waals surface area contributed by atoms with Gasteiger partial charge in [0.2, 0.25) is 5.91 Å². The lowest BCUT2D eigenvalue weighted by molar-refractivity contribution is -0.117. The highest BCUT2D eigenvalue weighted by Gasteiger charge is 2.32. The molecule has 1 amide bonds. The fourth-order valence-corrected chi connectivity index (χ4v) is 3.81. The predicted octanol–water partition coefficient (Wildman–Crippen LogP) is 2.82. The SMILES string of the molecule is CC[C@H]1C(=O)Nc2c(C)nc(CCc3cnn(Cc4cnc(C)c(F)c4)c3)nc2N1C. The molecule has 0 fully saturated rings. The summed E-state index contributed by atoms with van der Waals surface area (Å²) in [6.07, 6.45) is 7.51. The second-order valence-corrected chi connectivity index (χ2v) is 7.91. The molecule has 0 saturated heterocycles. The van der Waals surface area contributed by atoms with Gasteiger partial charge in [0.05, 0.1) is 24.1 Å². The number of fused-ring (bicyclic) bond motifs is 1. The van der Waals surface area contributed by atoms with E-state index in [1.807, 2.05) is 38.2 Å². The van der Waals surface area contributed by atoms with Gasteiger partial charge in [-0.05, 0) is 43.9 Å². The van der Waals surface area contributed by atoms with Gasteiger partial charge in [0.1, 0.15) is 23.4 Å². The molecule has 162 valence electrons. The van der Waals surface area contributed by atoms with Crippen LogP contribution in [0.15, 0.2) is 24.7 Å². The molecule has 1 aliphatic rings. The Hall–Kier alpha value is -3.36. The molecule has 0 spiro atoms. The zero-order valence-electron chi connectivity index (χ0n) is 18.2. The van der Waals surface area contributed by atoms with Crippen molar-refractivity contribution in [3.05, 3.63) is 58.8 Å². The number of pyridine rings is 1. The molecule has 1 atom stereocenters. The Kier molecular flexibility index (Phi) is 5.67. The van der Waals surface area contributed by atoms with Crippen molar-refractivity contribution in [1.29, 1.82) is 0 Å². The second kappa shape index (κ2) is 8.41. The maximum atomic E-state index is 13.7. The first-order chi connectivity index (χ1) is 14.9. The third kappa shape index (κ3) is 4.26. The first-order valence-corrected chi connectivity index (χ1v) is 10.4. The van der Waals surface area contributed by atoms with E-state index in [1.54, 1.807) is 17.8 Å². The van der Waals surface area contributed by atoms with Crippen molar-refractivity contribution >= 4 is 17.4 Å². The van der Waals surface area contributed by atoms with Crippen LogP contribution in [0.1, 0.15) is 41.7 Å². The van der Waals surface area contributed by atoms with E-state index in [0.29, 0.717) is 30.8 Å². The van der Waals surface area contributed by atoms with Crippen LogP contribution in [0.25, 0.3) is 0 Å². The summed E-state index contributed by atoms with van der Waals surface area (Å²) in [6, 6.07) is 1.26. The van der Waals surface area contributed by atoms with Gasteiger partial charge in [-0.1, -0.05) is 6.92 Å². The highest BCUT2D eigenvalue weighted by molar-refractivity contribution is 6.03. The maximum Gasteiger partial charge on any atom is 0.247 e. The van der Waals surface area contributed by atoms with Crippen molar-refractivity contribution in [1.82, 2.24) is 24.7 Å². The quantitative estimate of drug-likeness (QED) is 0.656. The van der Waals surface area contributed by atoms with Crippen LogP contribution in [-0.4, -0.2) is 43.7 Å². The zero-order chi connectivity index (χ0) is 22.1. The summed E-state index contributed by atoms with van der Waals surface area (Å²) in [6.45, 7) is 5.97. The van der Waals surface area contributed by atoms with E-state index in [-0.39, 0.29) is 17.8 Å². The van der Waals surface area contributed by atoms with Gasteiger partial charge in [-0.2, -0.15) is 5.10 Å². The summed E-state index contributed by atoms with van der Waals surface area (Å²) < 4.78 is 15.5. The molecule has 0 aromatic carbocycles. The number of nitrogens with zero attached hydrogens (tertiary/aromatic N) is 6. The maximum absolute atomic E-state index is 13.7. The van der Waals surface area contributed by atoms with Crippen LogP contribution in [-0.2, 0) is 24.2 Å². The molecular weight excluding hydrogens is 397 g/mol. The standard InChI is InChI=1S/C22H26FN7O/c1-5-18-22(31)28-20-14(3)26-19(27-21(20)29(18)4)7-6-15-10-25-30(11-15)12-16-8-17(23)13(2)24-9-16/h8-11,18H,5-7,12H2,1-4H3,(H,28,31)/t18-/m0/s1. The molecule has 0 aliphatic carbocycles. The number of carbonyl (C=O) groups excluding carboxylic acids is 1. The van der Waals surface area contributed by atoms with Crippen LogP contribution in [0.3, 0.4) is 0 Å². The van der Waals surface area contributed by atoms with Gasteiger partial charge < -0.3 is 10.2 Å². The number of nitrogens with one attached hydrogen (secondary N) is 1. The number of hydrogen-bond acceptors (Lipinski definition) is 6. The number of anilines is 2. The highest BCUT2D eigenvalue weighted by atomic mass is 19.1. The number of amides is 1. The van der Waals surface area contributed by atoms with Crippen molar-refractivity contribution < 1.29 is 9.18 Å². The molecule has 0 unspecified atom stereocenters. The van der Waals surface area contributed by atoms with E-state index in [1.165, 1.54) is 6.07 Å². The Morgan fingerprint density at radius 2 is 1.94 bits per heavy atom. The summed E-state index contributed by atoms with van der Waals surface area (Å²) in [5.41, 5.74) is 3.65. The lowest BCUT2D eigenvalue weighted by atomic mass is 10.1. The van der Waals surface area contributed by atoms with Crippen LogP contribution < -0.4 is 10.2 Å². The molecule has 4 rings (SSSR count). The van der Waals surface area contributed by atoms with E-state index < -0.39 is 0 Å². The van der Waals surface area contributed by atoms with E-state index in [0.717, 1.165) is 34.9 Å². The summed E-state index contributed by atoms with van der Waals surface area (Å²) in [5.74, 6) is 1.16. The number of carbonyl (C=O) groups is 1. The molecule has 31 heavy (non-hydrogen) atoms. The first-order valence-electron chi connectivity index (χ1n) is 10.4. The Morgan fingerprint density at radius 1 is 1.13 bits per heavy atom. The summed E-state index contributed by atoms with van der Waals surface area (Å²) >= 11 is 0. The number of halogens is 1. The number of rotatable bonds is 6. The average molecular weight is 423 g/mol. The molecule has 0 bridgehead atoms. The van der Waals surface area contributed by atoms with Gasteiger partial charge in [0.25, 0.3) is 0 Å². The summed E-state index contributed by atoms with van der Waals surface area (Å²) in [4.78, 5) is 27.6. The lowest BCUT2D eigenvalue weighted by Gasteiger charge is -2.34. The van der Waals surface area contributed by atoms with Crippen molar-refractivity contribution in [2.24, 2.45) is 0 Å². The monoisotopic (exact) mass is 423 g/mol. The molecule has 0 radical (unpaired) electrons. The van der Waals surface area contributed by atoms with Gasteiger partial charge in [-0.3, -0.25) is 14.5 Å². The fraction of sp³-hybridized carbons (Fsp3) is 0.409. The molecular formula is C22H26FN7O. The van der Waals surface area contributed by atoms with E-state index in [4.69, 9.17) is 4.98 Å². The minimum absolute atomic E-state index is 0.0203. The van der Waals surface area contributed by atoms with Gasteiger partial charge >= 0.3 is 0 Å². The third-order valence-electron chi connectivity index (χ3n) is 5.61. The molecule has 4 heterocycles. The van der Waals surface area contributed by atoms with Crippen molar-refractivity contribution in [2.45, 2.75) is 52.6 Å². The number of aromatic nitrogens is 5. The van der Waals surface area contributed by atoms with Crippen molar-refractivity contribution in [2.75, 3.05) is 17.3 Å². The van der Waals surface area contributed by atoms with E-state index >= 15 is 0 Å². The van der Waals surface area contributed by atoms with Crippen LogP contribution >= 0.6 is 0 Å². The molecule has 0 saturated carbocycles. The topological polar surface area (TPSA) is 88.8 Å². The van der Waals surface area contributed by atoms with Crippen molar-refractivity contribution in [3.63, 3.8) is 0 Å². The zero-order valence-corrected chi connectivity index (χ0v) is 18.2. The van der Waals surface area contributed by atoms with Crippen molar-refractivity contribution in [3.8, 4) is 0 Å². The minimum atomic E-state index is -0.309. The van der Waals surface area contributed by atoms with Gasteiger partial charge in [-0.25, -0.2) is 14.4 Å². The normalized spacial score (nSPS) is 15.7. The Balaban J connectivity index is 1.45. The highest BCUT2D eigenvalue weighted by Crippen LogP contribution is 2.32. The second-order valence-electron chi connectivity index (χ2n) is 7.91. The molecule has 3 aromatic heterocycles. The average Bonchev–Trinajstić information content (AvgIpc) is 3.18. The third-order valence-corrected chi connectivity index (χ3v) is 5.61. The first kappa shape index (κ1) is 20.9. The van der Waals surface area contributed by atoms with E-state index in [2.05, 4.69) is 20.4 Å². The van der Waals surface area contributed by atoms with Crippen LogP contribution in [0, 0.1) is 19.7 Å². The fourth-order valence-electron chi connectivity index (χ4n) is 3.81. The van der Waals surface area contributed by atoms with Gasteiger partial charge in [0.15, 0.2) is 5.82 Å². The smallest absolute Gasteiger partial charge is 0.247 e. The lowest BCUT2D eigenvalue weighted by Crippen LogP contribution is -2.46. The minimum Gasteiger partial charge on any atom is -0.346 e.